The summed E-state index contributed by atoms with van der Waals surface area (Å²) >= 11 is 0. The number of fused-ring (bicyclic) bond motifs is 6. The third-order valence-corrected chi connectivity index (χ3v) is 7.81. The predicted octanol–water partition coefficient (Wildman–Crippen LogP) is 7.69. The minimum absolute atomic E-state index is 1.16. The van der Waals surface area contributed by atoms with Gasteiger partial charge >= 0.3 is 0 Å². The van der Waals surface area contributed by atoms with Gasteiger partial charge in [0.2, 0.25) is 11.4 Å². The van der Waals surface area contributed by atoms with Gasteiger partial charge in [0.1, 0.15) is 12.9 Å². The van der Waals surface area contributed by atoms with E-state index < -0.39 is 0 Å². The zero-order chi connectivity index (χ0) is 25.1. The summed E-state index contributed by atoms with van der Waals surface area (Å²) in [5.41, 5.74) is 8.65. The van der Waals surface area contributed by atoms with Gasteiger partial charge in [-0.2, -0.15) is 4.58 Å². The predicted molar refractivity (Wildman–Crippen MR) is 158 cm³/mol. The van der Waals surface area contributed by atoms with Gasteiger partial charge in [0.05, 0.1) is 28.6 Å². The zero-order valence-electron chi connectivity index (χ0n) is 21.3. The Morgan fingerprint density at radius 2 is 1.27 bits per heavy atom. The molecule has 0 aromatic heterocycles. The van der Waals surface area contributed by atoms with E-state index in [0.717, 1.165) is 5.82 Å². The second-order valence-corrected chi connectivity index (χ2v) is 9.87. The van der Waals surface area contributed by atoms with Crippen LogP contribution in [-0.2, 0) is 0 Å². The first-order valence-electron chi connectivity index (χ1n) is 12.7. The Balaban J connectivity index is 1.45. The number of allylic oxidation sites excluding steroid dienone is 2. The Hall–Kier alpha value is -4.63. The molecule has 3 heteroatoms. The molecular weight excluding hydrogens is 450 g/mol. The van der Waals surface area contributed by atoms with Crippen LogP contribution in [0.2, 0.25) is 0 Å². The summed E-state index contributed by atoms with van der Waals surface area (Å²) in [7, 11) is 6.53. The normalized spacial score (nSPS) is 16.9. The fourth-order valence-electron chi connectivity index (χ4n) is 5.94. The molecule has 0 radical (unpaired) electrons. The van der Waals surface area contributed by atoms with E-state index in [2.05, 4.69) is 151 Å². The van der Waals surface area contributed by atoms with E-state index in [9.17, 15) is 0 Å². The van der Waals surface area contributed by atoms with Gasteiger partial charge in [-0.15, -0.1) is 0 Å². The third-order valence-electron chi connectivity index (χ3n) is 7.81. The van der Waals surface area contributed by atoms with E-state index >= 15 is 0 Å². The molecule has 0 unspecified atom stereocenters. The lowest BCUT2D eigenvalue weighted by atomic mass is 9.94. The molecule has 7 rings (SSSR count). The number of nitrogens with zero attached hydrogens (tertiary/aromatic N) is 3. The van der Waals surface area contributed by atoms with Crippen molar-refractivity contribution in [2.24, 2.45) is 0 Å². The molecule has 0 aliphatic carbocycles. The smallest absolute Gasteiger partial charge is 0.217 e. The van der Waals surface area contributed by atoms with Crippen LogP contribution in [0.25, 0.3) is 33.2 Å². The second kappa shape index (κ2) is 8.21. The van der Waals surface area contributed by atoms with Crippen molar-refractivity contribution in [2.75, 3.05) is 30.9 Å². The molecule has 0 bridgehead atoms. The van der Waals surface area contributed by atoms with Crippen LogP contribution in [0.1, 0.15) is 11.1 Å². The molecule has 2 heterocycles. The minimum atomic E-state index is 1.16. The Bertz CT molecular complexity index is 1810. The lowest BCUT2D eigenvalue weighted by Crippen LogP contribution is -2.24. The van der Waals surface area contributed by atoms with Gasteiger partial charge in [-0.3, -0.25) is 0 Å². The highest BCUT2D eigenvalue weighted by Crippen LogP contribution is 2.46. The van der Waals surface area contributed by atoms with Gasteiger partial charge in [-0.05, 0) is 39.9 Å². The van der Waals surface area contributed by atoms with Gasteiger partial charge in [0, 0.05) is 25.5 Å². The van der Waals surface area contributed by atoms with Crippen molar-refractivity contribution in [1.29, 1.82) is 0 Å². The van der Waals surface area contributed by atoms with Crippen LogP contribution >= 0.6 is 0 Å². The zero-order valence-corrected chi connectivity index (χ0v) is 21.3. The molecule has 3 nitrogen and oxygen atoms in total. The molecule has 0 saturated carbocycles. The summed E-state index contributed by atoms with van der Waals surface area (Å²) in [5, 5.41) is 5.08. The molecule has 37 heavy (non-hydrogen) atoms. The van der Waals surface area contributed by atoms with E-state index in [4.69, 9.17) is 0 Å². The van der Waals surface area contributed by atoms with E-state index in [-0.39, 0.29) is 0 Å². The van der Waals surface area contributed by atoms with Crippen molar-refractivity contribution in [3.05, 3.63) is 126 Å². The average Bonchev–Trinajstić information content (AvgIpc) is 3.35. The van der Waals surface area contributed by atoms with Crippen LogP contribution in [0.4, 0.5) is 17.1 Å². The topological polar surface area (TPSA) is 9.49 Å². The number of rotatable bonds is 2. The molecule has 0 N–H and O–H groups in total. The summed E-state index contributed by atoms with van der Waals surface area (Å²) in [5.74, 6) is 1.16. The molecule has 5 aromatic rings. The van der Waals surface area contributed by atoms with E-state index in [1.807, 2.05) is 0 Å². The second-order valence-electron chi connectivity index (χ2n) is 9.87. The van der Waals surface area contributed by atoms with Gasteiger partial charge in [-0.1, -0.05) is 84.9 Å². The number of hydrogen-bond acceptors (Lipinski definition) is 2. The lowest BCUT2D eigenvalue weighted by Gasteiger charge is -2.18. The van der Waals surface area contributed by atoms with Crippen molar-refractivity contribution in [2.45, 2.75) is 0 Å². The quantitative estimate of drug-likeness (QED) is 0.241. The summed E-state index contributed by atoms with van der Waals surface area (Å²) < 4.78 is 2.34. The molecule has 178 valence electrons. The van der Waals surface area contributed by atoms with E-state index in [1.54, 1.807) is 0 Å². The monoisotopic (exact) mass is 478 g/mol. The molecule has 0 spiro atoms. The van der Waals surface area contributed by atoms with Crippen LogP contribution in [0.15, 0.2) is 115 Å². The molecule has 0 fully saturated rings. The van der Waals surface area contributed by atoms with E-state index in [1.165, 1.54) is 61.0 Å². The summed E-state index contributed by atoms with van der Waals surface area (Å²) in [6.07, 6.45) is 4.68. The van der Waals surface area contributed by atoms with Gasteiger partial charge in [-0.25, -0.2) is 0 Å². The molecule has 5 aromatic carbocycles. The highest BCUT2D eigenvalue weighted by molar-refractivity contribution is 6.36. The summed E-state index contributed by atoms with van der Waals surface area (Å²) in [6, 6.07) is 36.9. The fraction of sp³-hybridized carbons (Fsp3) is 0.0882. The first-order chi connectivity index (χ1) is 18.1. The maximum Gasteiger partial charge on any atom is 0.217 e. The van der Waals surface area contributed by atoms with Crippen LogP contribution in [0.5, 0.6) is 0 Å². The summed E-state index contributed by atoms with van der Waals surface area (Å²) in [4.78, 5) is 4.64. The maximum atomic E-state index is 2.35. The first kappa shape index (κ1) is 21.6. The Morgan fingerprint density at radius 3 is 2.05 bits per heavy atom. The van der Waals surface area contributed by atoms with Crippen molar-refractivity contribution >= 4 is 56.0 Å². The Labute approximate surface area is 217 Å². The van der Waals surface area contributed by atoms with Crippen molar-refractivity contribution in [1.82, 2.24) is 0 Å². The third kappa shape index (κ3) is 3.24. The van der Waals surface area contributed by atoms with Crippen molar-refractivity contribution in [3.8, 4) is 0 Å². The van der Waals surface area contributed by atoms with Gasteiger partial charge in [0.15, 0.2) is 0 Å². The molecule has 0 atom stereocenters. The number of hydrogen-bond donors (Lipinski definition) is 0. The van der Waals surface area contributed by atoms with Gasteiger partial charge < -0.3 is 9.80 Å². The largest absolute Gasteiger partial charge is 0.329 e. The van der Waals surface area contributed by atoms with Crippen LogP contribution in [0, 0.1) is 0 Å². The molecule has 0 saturated heterocycles. The first-order valence-corrected chi connectivity index (χ1v) is 12.7. The number of benzene rings is 5. The van der Waals surface area contributed by atoms with Crippen LogP contribution < -0.4 is 9.80 Å². The Morgan fingerprint density at radius 1 is 0.622 bits per heavy atom. The highest BCUT2D eigenvalue weighted by atomic mass is 15.4. The SMILES string of the molecule is CN1/C(=C/C2=[N+](C)c3ccc4ccccc4c3/C2=C/c2ccccc2)N(C)c2c1ccc1ccccc21. The van der Waals surface area contributed by atoms with Gasteiger partial charge in [0.25, 0.3) is 0 Å². The maximum absolute atomic E-state index is 2.35. The molecule has 0 amide bonds. The molecule has 2 aliphatic heterocycles. The van der Waals surface area contributed by atoms with Crippen molar-refractivity contribution in [3.63, 3.8) is 0 Å². The highest BCUT2D eigenvalue weighted by Gasteiger charge is 2.36. The standard InChI is InChI=1S/C34H28N3/c1-35-29-19-17-24-13-7-9-15-26(24)33(29)28(21-23-11-5-4-6-12-23)31(35)22-32-36(2)30-20-18-25-14-8-10-16-27(25)34(30)37(32)3/h4-22H,1-3H3/q+1/b28-21+. The van der Waals surface area contributed by atoms with Crippen LogP contribution in [-0.4, -0.2) is 31.4 Å². The van der Waals surface area contributed by atoms with Crippen LogP contribution in [0.3, 0.4) is 0 Å². The van der Waals surface area contributed by atoms with Crippen molar-refractivity contribution < 1.29 is 4.58 Å². The lowest BCUT2D eigenvalue weighted by molar-refractivity contribution is -0.399. The average molecular weight is 479 g/mol. The molecular formula is C34H28N3+. The summed E-state index contributed by atoms with van der Waals surface area (Å²) in [6.45, 7) is 0. The Kier molecular flexibility index (Phi) is 4.80. The number of anilines is 2. The van der Waals surface area contributed by atoms with E-state index in [0.29, 0.717) is 0 Å². The minimum Gasteiger partial charge on any atom is -0.329 e. The molecule has 2 aliphatic rings. The fourth-order valence-corrected chi connectivity index (χ4v) is 5.94.